The summed E-state index contributed by atoms with van der Waals surface area (Å²) in [5, 5.41) is 0. The lowest BCUT2D eigenvalue weighted by Gasteiger charge is -2.42. The number of hydrogen-bond donors (Lipinski definition) is 0. The maximum absolute atomic E-state index is 14.1. The third-order valence-electron chi connectivity index (χ3n) is 7.08. The van der Waals surface area contributed by atoms with Gasteiger partial charge in [0.15, 0.2) is 0 Å². The summed E-state index contributed by atoms with van der Waals surface area (Å²) in [6, 6.07) is 7.70. The number of rotatable bonds is 5. The van der Waals surface area contributed by atoms with Crippen LogP contribution in [0.3, 0.4) is 0 Å². The van der Waals surface area contributed by atoms with Crippen molar-refractivity contribution in [2.75, 3.05) is 0 Å². The fraction of sp³-hybridized carbons (Fsp3) is 0.667. The number of halogens is 6. The molecule has 1 aliphatic heterocycles. The molecule has 0 N–H and O–H groups in total. The number of nitrogens with zero attached hydrogens (tertiary/aromatic N) is 3. The summed E-state index contributed by atoms with van der Waals surface area (Å²) in [6.45, 7) is 0. The van der Waals surface area contributed by atoms with Gasteiger partial charge >= 0.3 is 18.0 Å². The fourth-order valence-corrected chi connectivity index (χ4v) is 5.33. The van der Waals surface area contributed by atoms with E-state index in [-0.39, 0.29) is 29.7 Å². The summed E-state index contributed by atoms with van der Waals surface area (Å²) in [6.07, 6.45) is -2.50. The van der Waals surface area contributed by atoms with Crippen LogP contribution >= 0.6 is 0 Å². The van der Waals surface area contributed by atoms with Crippen LogP contribution < -0.4 is 0 Å². The van der Waals surface area contributed by atoms with Crippen molar-refractivity contribution in [3.63, 3.8) is 0 Å². The normalized spacial score (nSPS) is 22.9. The van der Waals surface area contributed by atoms with Gasteiger partial charge in [-0.2, -0.15) is 26.3 Å². The molecule has 33 heavy (non-hydrogen) atoms. The molecule has 3 nitrogen and oxygen atoms in total. The van der Waals surface area contributed by atoms with E-state index in [1.165, 1.54) is 12.1 Å². The Balaban J connectivity index is 1.82. The molecule has 3 aliphatic rings. The Morgan fingerprint density at radius 1 is 0.788 bits per heavy atom. The first-order chi connectivity index (χ1) is 15.6. The zero-order valence-electron chi connectivity index (χ0n) is 18.4. The fourth-order valence-electron chi connectivity index (χ4n) is 5.33. The minimum atomic E-state index is -5.71. The topological polar surface area (TPSA) is 28.0 Å². The Morgan fingerprint density at radius 2 is 1.36 bits per heavy atom. The van der Waals surface area contributed by atoms with Crippen molar-refractivity contribution >= 4 is 11.7 Å². The Hall–Kier alpha value is -2.06. The van der Waals surface area contributed by atoms with Crippen LogP contribution in [0.25, 0.3) is 0 Å². The summed E-state index contributed by atoms with van der Waals surface area (Å²) < 4.78 is 84.6. The summed E-state index contributed by atoms with van der Waals surface area (Å²) in [4.78, 5) is 8.45. The largest absolute Gasteiger partial charge is 0.443 e. The van der Waals surface area contributed by atoms with Crippen LogP contribution in [0.5, 0.6) is 0 Å². The van der Waals surface area contributed by atoms with Gasteiger partial charge in [-0.15, -0.1) is 0 Å². The summed E-state index contributed by atoms with van der Waals surface area (Å²) in [7, 11) is 0. The molecule has 1 aromatic rings. The molecule has 9 heteroatoms. The molecule has 2 aliphatic carbocycles. The summed E-state index contributed by atoms with van der Waals surface area (Å²) >= 11 is 0. The van der Waals surface area contributed by atoms with Crippen LogP contribution in [-0.4, -0.2) is 40.6 Å². The Labute approximate surface area is 190 Å². The highest BCUT2D eigenvalue weighted by Crippen LogP contribution is 2.50. The monoisotopic (exact) mass is 473 g/mol. The lowest BCUT2D eigenvalue weighted by molar-refractivity contribution is -0.293. The second-order valence-corrected chi connectivity index (χ2v) is 9.35. The van der Waals surface area contributed by atoms with Gasteiger partial charge < -0.3 is 4.90 Å². The zero-order valence-corrected chi connectivity index (χ0v) is 18.4. The van der Waals surface area contributed by atoms with Crippen molar-refractivity contribution in [3.8, 4) is 0 Å². The number of alkyl halides is 6. The van der Waals surface area contributed by atoms with Gasteiger partial charge in [0.05, 0.1) is 0 Å². The predicted octanol–water partition coefficient (Wildman–Crippen LogP) is 7.27. The zero-order chi connectivity index (χ0) is 23.7. The van der Waals surface area contributed by atoms with Crippen molar-refractivity contribution in [2.24, 2.45) is 15.9 Å². The average molecular weight is 474 g/mol. The molecule has 2 fully saturated rings. The quantitative estimate of drug-likeness (QED) is 0.413. The van der Waals surface area contributed by atoms with E-state index < -0.39 is 18.0 Å². The van der Waals surface area contributed by atoms with Gasteiger partial charge in [-0.3, -0.25) is 0 Å². The highest BCUT2D eigenvalue weighted by atomic mass is 19.4. The maximum atomic E-state index is 14.1. The van der Waals surface area contributed by atoms with Gasteiger partial charge in [-0.1, -0.05) is 75.3 Å². The van der Waals surface area contributed by atoms with Crippen LogP contribution in [0.15, 0.2) is 40.3 Å². The van der Waals surface area contributed by atoms with Crippen molar-refractivity contribution < 1.29 is 26.3 Å². The van der Waals surface area contributed by atoms with Crippen molar-refractivity contribution in [1.29, 1.82) is 0 Å². The molecular weight excluding hydrogens is 444 g/mol. The van der Waals surface area contributed by atoms with Crippen LogP contribution in [0.4, 0.5) is 26.3 Å². The van der Waals surface area contributed by atoms with E-state index in [1.54, 1.807) is 23.1 Å². The van der Waals surface area contributed by atoms with Gasteiger partial charge in [0.2, 0.25) is 0 Å². The van der Waals surface area contributed by atoms with Gasteiger partial charge in [0, 0.05) is 18.0 Å². The average Bonchev–Trinajstić information content (AvgIpc) is 3.31. The highest BCUT2D eigenvalue weighted by molar-refractivity contribution is 6.11. The molecule has 0 aromatic heterocycles. The molecule has 1 heterocycles. The van der Waals surface area contributed by atoms with E-state index >= 15 is 0 Å². The first-order valence-corrected chi connectivity index (χ1v) is 11.8. The molecule has 1 aromatic carbocycles. The van der Waals surface area contributed by atoms with E-state index in [0.29, 0.717) is 25.2 Å². The van der Waals surface area contributed by atoms with Crippen LogP contribution in [0.1, 0.15) is 76.2 Å². The molecule has 4 rings (SSSR count). The number of amidine groups is 2. The molecule has 0 radical (unpaired) electrons. The van der Waals surface area contributed by atoms with Crippen LogP contribution in [-0.2, 0) is 0 Å². The molecule has 0 atom stereocenters. The van der Waals surface area contributed by atoms with Crippen molar-refractivity contribution in [3.05, 3.63) is 35.9 Å². The molecular formula is C24H29F6N3. The minimum Gasteiger partial charge on any atom is -0.311 e. The minimum absolute atomic E-state index is 0.0843. The first kappa shape index (κ1) is 24.1. The lowest BCUT2D eigenvalue weighted by Crippen LogP contribution is -2.60. The molecule has 0 amide bonds. The van der Waals surface area contributed by atoms with E-state index in [9.17, 15) is 26.3 Å². The van der Waals surface area contributed by atoms with Crippen molar-refractivity contribution in [1.82, 2.24) is 4.90 Å². The number of benzene rings is 1. The first-order valence-electron chi connectivity index (χ1n) is 11.8. The lowest BCUT2D eigenvalue weighted by atomic mass is 9.85. The Morgan fingerprint density at radius 3 is 1.94 bits per heavy atom. The summed E-state index contributed by atoms with van der Waals surface area (Å²) in [5.41, 5.74) is -4.24. The molecule has 182 valence electrons. The molecule has 2 saturated carbocycles. The van der Waals surface area contributed by atoms with E-state index in [4.69, 9.17) is 0 Å². The summed E-state index contributed by atoms with van der Waals surface area (Å²) in [5.74, 6) is -0.0983. The van der Waals surface area contributed by atoms with E-state index in [2.05, 4.69) is 9.98 Å². The SMILES string of the molecule is FC(F)(F)C1(C(F)(F)F)N=C(CCC2CCCCC2)N(C2CCCC2)C(c2ccccc2)=N1. The van der Waals surface area contributed by atoms with Gasteiger partial charge in [0.1, 0.15) is 11.7 Å². The smallest absolute Gasteiger partial charge is 0.311 e. The third kappa shape index (κ3) is 4.78. The predicted molar refractivity (Wildman–Crippen MR) is 115 cm³/mol. The molecule has 0 bridgehead atoms. The van der Waals surface area contributed by atoms with E-state index in [1.807, 2.05) is 0 Å². The van der Waals surface area contributed by atoms with E-state index in [0.717, 1.165) is 44.9 Å². The molecule has 0 spiro atoms. The van der Waals surface area contributed by atoms with Gasteiger partial charge in [-0.25, -0.2) is 9.98 Å². The second kappa shape index (κ2) is 9.29. The van der Waals surface area contributed by atoms with Crippen LogP contribution in [0, 0.1) is 5.92 Å². The Bertz CT molecular complexity index is 848. The maximum Gasteiger partial charge on any atom is 0.443 e. The molecule has 0 unspecified atom stereocenters. The van der Waals surface area contributed by atoms with Crippen molar-refractivity contribution in [2.45, 2.75) is 94.7 Å². The second-order valence-electron chi connectivity index (χ2n) is 9.35. The third-order valence-corrected chi connectivity index (χ3v) is 7.08. The van der Waals surface area contributed by atoms with Gasteiger partial charge in [0.25, 0.3) is 0 Å². The van der Waals surface area contributed by atoms with Gasteiger partial charge in [-0.05, 0) is 25.2 Å². The highest BCUT2D eigenvalue weighted by Gasteiger charge is 2.74. The number of hydrogen-bond acceptors (Lipinski definition) is 3. The standard InChI is InChI=1S/C24H29F6N3/c25-23(26,27)22(24(28,29)30)31-20(16-15-17-9-3-1-4-10-17)33(19-13-7-8-14-19)21(32-22)18-11-5-2-6-12-18/h2,5-6,11-12,17,19H,1,3-4,7-10,13-16H2. The molecule has 0 saturated heterocycles. The Kier molecular flexibility index (Phi) is 6.78. The van der Waals surface area contributed by atoms with Crippen LogP contribution in [0.2, 0.25) is 0 Å². The number of aliphatic imine (C=N–C) groups is 2.